The van der Waals surface area contributed by atoms with Crippen molar-refractivity contribution in [2.45, 2.75) is 37.8 Å². The number of benzene rings is 2. The van der Waals surface area contributed by atoms with Crippen LogP contribution in [0.25, 0.3) is 0 Å². The third kappa shape index (κ3) is 3.62. The highest BCUT2D eigenvalue weighted by Gasteiger charge is 2.43. The molecule has 2 aromatic rings. The minimum Gasteiger partial charge on any atom is -0.497 e. The van der Waals surface area contributed by atoms with E-state index in [-0.39, 0.29) is 0 Å². The number of thiocarbonyl (C=S) groups is 1. The molecule has 2 saturated heterocycles. The van der Waals surface area contributed by atoms with Crippen LogP contribution < -0.4 is 10.1 Å². The Morgan fingerprint density at radius 2 is 2.00 bits per heavy atom. The minimum absolute atomic E-state index is 0.492. The molecule has 0 amide bonds. The molecule has 3 heterocycles. The van der Waals surface area contributed by atoms with Gasteiger partial charge >= 0.3 is 0 Å². The maximum absolute atomic E-state index is 5.87. The largest absolute Gasteiger partial charge is 0.497 e. The summed E-state index contributed by atoms with van der Waals surface area (Å²) in [6, 6.07) is 18.0. The average molecular weight is 408 g/mol. The molecule has 1 N–H and O–H groups in total. The first kappa shape index (κ1) is 18.9. The molecule has 4 nitrogen and oxygen atoms in total. The number of piperidine rings is 2. The lowest BCUT2D eigenvalue weighted by Gasteiger charge is -2.53. The second kappa shape index (κ2) is 7.96. The summed E-state index contributed by atoms with van der Waals surface area (Å²) in [4.78, 5) is 5.19. The number of anilines is 1. The van der Waals surface area contributed by atoms with Crippen LogP contribution >= 0.6 is 12.2 Å². The Hall–Kier alpha value is -2.11. The highest BCUT2D eigenvalue weighted by Crippen LogP contribution is 2.43. The van der Waals surface area contributed by atoms with Crippen molar-refractivity contribution in [3.05, 3.63) is 59.7 Å². The molecule has 3 unspecified atom stereocenters. The second-order valence-electron chi connectivity index (χ2n) is 8.52. The van der Waals surface area contributed by atoms with Crippen molar-refractivity contribution >= 4 is 23.0 Å². The fourth-order valence-corrected chi connectivity index (χ4v) is 5.87. The molecule has 0 aliphatic carbocycles. The molecule has 0 aromatic heterocycles. The molecule has 5 heteroatoms. The number of nitrogens with zero attached hydrogens (tertiary/aromatic N) is 2. The summed E-state index contributed by atoms with van der Waals surface area (Å²) >= 11 is 5.87. The lowest BCUT2D eigenvalue weighted by molar-refractivity contribution is 0.0177. The van der Waals surface area contributed by atoms with E-state index in [0.717, 1.165) is 42.5 Å². The van der Waals surface area contributed by atoms with Gasteiger partial charge in [-0.1, -0.05) is 24.3 Å². The molecule has 2 fully saturated rings. The summed E-state index contributed by atoms with van der Waals surface area (Å²) in [5.41, 5.74) is 4.02. The quantitative estimate of drug-likeness (QED) is 0.741. The van der Waals surface area contributed by atoms with Crippen LogP contribution in [0.1, 0.15) is 36.4 Å². The molecule has 3 atom stereocenters. The van der Waals surface area contributed by atoms with E-state index in [1.165, 1.54) is 30.5 Å². The number of hydrogen-bond donors (Lipinski definition) is 1. The fraction of sp³-hybridized carbons (Fsp3) is 0.458. The van der Waals surface area contributed by atoms with E-state index < -0.39 is 0 Å². The van der Waals surface area contributed by atoms with Crippen molar-refractivity contribution in [1.82, 2.24) is 9.80 Å². The van der Waals surface area contributed by atoms with Crippen molar-refractivity contribution in [1.29, 1.82) is 0 Å². The van der Waals surface area contributed by atoms with Gasteiger partial charge in [-0.15, -0.1) is 0 Å². The third-order valence-electron chi connectivity index (χ3n) is 6.96. The van der Waals surface area contributed by atoms with Crippen LogP contribution in [-0.2, 0) is 6.42 Å². The van der Waals surface area contributed by atoms with Gasteiger partial charge in [0.05, 0.1) is 7.11 Å². The Kier molecular flexibility index (Phi) is 5.18. The van der Waals surface area contributed by atoms with Crippen LogP contribution in [-0.4, -0.2) is 47.7 Å². The molecule has 0 spiro atoms. The van der Waals surface area contributed by atoms with Crippen molar-refractivity contribution < 1.29 is 4.74 Å². The van der Waals surface area contributed by atoms with Gasteiger partial charge in [-0.25, -0.2) is 0 Å². The van der Waals surface area contributed by atoms with Crippen molar-refractivity contribution in [2.24, 2.45) is 5.92 Å². The number of likely N-dealkylation sites (tertiary alicyclic amines) is 1. The topological polar surface area (TPSA) is 27.7 Å². The lowest BCUT2D eigenvalue weighted by atomic mass is 9.77. The van der Waals surface area contributed by atoms with E-state index in [9.17, 15) is 0 Å². The zero-order chi connectivity index (χ0) is 19.8. The average Bonchev–Trinajstić information content (AvgIpc) is 2.77. The molecule has 2 aromatic carbocycles. The Bertz CT molecular complexity index is 887. The number of fused-ring (bicyclic) bond motifs is 4. The standard InChI is InChI=1S/C24H29N3OS/c1-28-20-9-10-21-17(14-20)11-13-26-16-18-6-5-12-27(22(18)15-23(21)26)24(29)25-19-7-3-2-4-8-19/h2-4,7-10,14,18,22-23H,5-6,11-13,15-16H2,1H3,(H,25,29). The Morgan fingerprint density at radius 1 is 1.14 bits per heavy atom. The molecular weight excluding hydrogens is 378 g/mol. The number of para-hydroxylation sites is 1. The Morgan fingerprint density at radius 3 is 2.83 bits per heavy atom. The molecule has 29 heavy (non-hydrogen) atoms. The first-order valence-electron chi connectivity index (χ1n) is 10.8. The zero-order valence-electron chi connectivity index (χ0n) is 17.0. The first-order valence-corrected chi connectivity index (χ1v) is 11.2. The number of rotatable bonds is 2. The van der Waals surface area contributed by atoms with Gasteiger partial charge < -0.3 is 15.0 Å². The summed E-state index contributed by atoms with van der Waals surface area (Å²) in [6.07, 6.45) is 4.82. The van der Waals surface area contributed by atoms with Gasteiger partial charge in [-0.05, 0) is 79.2 Å². The van der Waals surface area contributed by atoms with Gasteiger partial charge in [0, 0.05) is 37.4 Å². The highest BCUT2D eigenvalue weighted by molar-refractivity contribution is 7.80. The van der Waals surface area contributed by atoms with E-state index in [0.29, 0.717) is 18.0 Å². The van der Waals surface area contributed by atoms with Gasteiger partial charge in [-0.3, -0.25) is 4.90 Å². The van der Waals surface area contributed by atoms with Crippen LogP contribution in [0.5, 0.6) is 5.75 Å². The van der Waals surface area contributed by atoms with Gasteiger partial charge in [0.15, 0.2) is 5.11 Å². The molecule has 0 saturated carbocycles. The van der Waals surface area contributed by atoms with E-state index in [4.69, 9.17) is 17.0 Å². The summed E-state index contributed by atoms with van der Waals surface area (Å²) < 4.78 is 5.46. The van der Waals surface area contributed by atoms with Crippen LogP contribution in [0.15, 0.2) is 48.5 Å². The molecule has 152 valence electrons. The SMILES string of the molecule is COc1ccc2c(c1)CCN1CC3CCCN(C(=S)Nc4ccccc4)C3CC21. The summed E-state index contributed by atoms with van der Waals surface area (Å²) in [6.45, 7) is 3.40. The summed E-state index contributed by atoms with van der Waals surface area (Å²) in [5, 5.41) is 4.36. The Labute approximate surface area is 178 Å². The van der Waals surface area contributed by atoms with Crippen molar-refractivity contribution in [2.75, 3.05) is 32.1 Å². The third-order valence-corrected chi connectivity index (χ3v) is 7.29. The van der Waals surface area contributed by atoms with Gasteiger partial charge in [0.2, 0.25) is 0 Å². The van der Waals surface area contributed by atoms with Gasteiger partial charge in [-0.2, -0.15) is 0 Å². The molecule has 3 aliphatic heterocycles. The van der Waals surface area contributed by atoms with Crippen LogP contribution in [0.2, 0.25) is 0 Å². The zero-order valence-corrected chi connectivity index (χ0v) is 17.8. The van der Waals surface area contributed by atoms with E-state index in [2.05, 4.69) is 57.6 Å². The minimum atomic E-state index is 0.492. The smallest absolute Gasteiger partial charge is 0.173 e. The number of hydrogen-bond acceptors (Lipinski definition) is 3. The van der Waals surface area contributed by atoms with E-state index >= 15 is 0 Å². The number of methoxy groups -OCH3 is 1. The second-order valence-corrected chi connectivity index (χ2v) is 8.91. The maximum atomic E-state index is 5.87. The van der Waals surface area contributed by atoms with E-state index in [1.807, 2.05) is 6.07 Å². The highest BCUT2D eigenvalue weighted by atomic mass is 32.1. The molecule has 0 radical (unpaired) electrons. The van der Waals surface area contributed by atoms with Crippen molar-refractivity contribution in [3.63, 3.8) is 0 Å². The predicted octanol–water partition coefficient (Wildman–Crippen LogP) is 4.48. The molecule has 5 rings (SSSR count). The van der Waals surface area contributed by atoms with Gasteiger partial charge in [0.1, 0.15) is 5.75 Å². The van der Waals surface area contributed by atoms with Crippen LogP contribution in [0.3, 0.4) is 0 Å². The molecule has 0 bridgehead atoms. The van der Waals surface area contributed by atoms with E-state index in [1.54, 1.807) is 7.11 Å². The van der Waals surface area contributed by atoms with Crippen LogP contribution in [0.4, 0.5) is 5.69 Å². The van der Waals surface area contributed by atoms with Crippen molar-refractivity contribution in [3.8, 4) is 5.75 Å². The first-order chi connectivity index (χ1) is 14.2. The Balaban J connectivity index is 1.38. The lowest BCUT2D eigenvalue weighted by Crippen LogP contribution is -2.58. The predicted molar refractivity (Wildman–Crippen MR) is 122 cm³/mol. The van der Waals surface area contributed by atoms with Gasteiger partial charge in [0.25, 0.3) is 0 Å². The number of ether oxygens (including phenoxy) is 1. The monoisotopic (exact) mass is 407 g/mol. The van der Waals surface area contributed by atoms with Crippen LogP contribution in [0, 0.1) is 5.92 Å². The normalized spacial score (nSPS) is 26.1. The summed E-state index contributed by atoms with van der Waals surface area (Å²) in [5.74, 6) is 1.67. The summed E-state index contributed by atoms with van der Waals surface area (Å²) in [7, 11) is 1.75. The fourth-order valence-electron chi connectivity index (χ4n) is 5.53. The molecule has 3 aliphatic rings. The maximum Gasteiger partial charge on any atom is 0.173 e. The number of nitrogens with one attached hydrogen (secondary N) is 1. The molecular formula is C24H29N3OS.